The normalized spacial score (nSPS) is 16.3. The standard InChI is InChI=1S/C18H19ClFN3O2S/c1-12(17(24)21-15-5-4-13(20)11-14(15)19)22-6-8-23(9-7-22)18(25)16-3-2-10-26-16/h2-5,10-12H,6-9H2,1H3,(H,21,24). The van der Waals surface area contributed by atoms with Crippen molar-refractivity contribution < 1.29 is 14.0 Å². The number of nitrogens with zero attached hydrogens (tertiary/aromatic N) is 2. The Morgan fingerprint density at radius 3 is 2.58 bits per heavy atom. The number of piperazine rings is 1. The largest absolute Gasteiger partial charge is 0.335 e. The lowest BCUT2D eigenvalue weighted by Crippen LogP contribution is -2.53. The van der Waals surface area contributed by atoms with Crippen molar-refractivity contribution in [1.82, 2.24) is 9.80 Å². The van der Waals surface area contributed by atoms with Crippen molar-refractivity contribution in [3.8, 4) is 0 Å². The van der Waals surface area contributed by atoms with Gasteiger partial charge >= 0.3 is 0 Å². The smallest absolute Gasteiger partial charge is 0.264 e. The Kier molecular flexibility index (Phi) is 5.90. The molecule has 2 aromatic rings. The molecule has 0 spiro atoms. The van der Waals surface area contributed by atoms with Crippen LogP contribution in [-0.4, -0.2) is 53.8 Å². The van der Waals surface area contributed by atoms with Gasteiger partial charge in [0.25, 0.3) is 5.91 Å². The lowest BCUT2D eigenvalue weighted by molar-refractivity contribution is -0.121. The van der Waals surface area contributed by atoms with E-state index in [1.165, 1.54) is 23.5 Å². The maximum Gasteiger partial charge on any atom is 0.264 e. The number of halogens is 2. The van der Waals surface area contributed by atoms with Crippen LogP contribution < -0.4 is 5.32 Å². The molecule has 138 valence electrons. The third-order valence-electron chi connectivity index (χ3n) is 4.45. The monoisotopic (exact) mass is 395 g/mol. The zero-order valence-corrected chi connectivity index (χ0v) is 15.8. The van der Waals surface area contributed by atoms with Crippen LogP contribution in [-0.2, 0) is 4.79 Å². The fraction of sp³-hybridized carbons (Fsp3) is 0.333. The van der Waals surface area contributed by atoms with Crippen LogP contribution in [0.3, 0.4) is 0 Å². The Labute approximate surface area is 160 Å². The average molecular weight is 396 g/mol. The molecule has 3 rings (SSSR count). The zero-order chi connectivity index (χ0) is 18.7. The van der Waals surface area contributed by atoms with Crippen LogP contribution in [0.2, 0.25) is 5.02 Å². The highest BCUT2D eigenvalue weighted by molar-refractivity contribution is 7.12. The van der Waals surface area contributed by atoms with Gasteiger partial charge in [-0.15, -0.1) is 11.3 Å². The molecule has 1 saturated heterocycles. The molecular weight excluding hydrogens is 377 g/mol. The average Bonchev–Trinajstić information content (AvgIpc) is 3.17. The highest BCUT2D eigenvalue weighted by atomic mass is 35.5. The molecule has 1 aromatic heterocycles. The Balaban J connectivity index is 1.55. The maximum absolute atomic E-state index is 13.1. The van der Waals surface area contributed by atoms with Gasteiger partial charge in [0.05, 0.1) is 21.6 Å². The molecule has 0 bridgehead atoms. The van der Waals surface area contributed by atoms with E-state index in [-0.39, 0.29) is 22.9 Å². The summed E-state index contributed by atoms with van der Waals surface area (Å²) in [6.07, 6.45) is 0. The third kappa shape index (κ3) is 4.23. The second-order valence-corrected chi connectivity index (χ2v) is 7.45. The van der Waals surface area contributed by atoms with Crippen molar-refractivity contribution in [1.29, 1.82) is 0 Å². The van der Waals surface area contributed by atoms with Crippen molar-refractivity contribution in [3.63, 3.8) is 0 Å². The highest BCUT2D eigenvalue weighted by Crippen LogP contribution is 2.23. The molecule has 2 amide bonds. The first kappa shape index (κ1) is 18.8. The van der Waals surface area contributed by atoms with Crippen molar-refractivity contribution in [2.45, 2.75) is 13.0 Å². The molecule has 1 aliphatic rings. The molecule has 1 aliphatic heterocycles. The van der Waals surface area contributed by atoms with Crippen molar-refractivity contribution in [2.24, 2.45) is 0 Å². The number of nitrogens with one attached hydrogen (secondary N) is 1. The molecule has 1 aromatic carbocycles. The van der Waals surface area contributed by atoms with Crippen molar-refractivity contribution >= 4 is 40.4 Å². The summed E-state index contributed by atoms with van der Waals surface area (Å²) in [5, 5.41) is 4.78. The van der Waals surface area contributed by atoms with Gasteiger partial charge in [-0.1, -0.05) is 17.7 Å². The third-order valence-corrected chi connectivity index (χ3v) is 5.62. The van der Waals surface area contributed by atoms with Crippen LogP contribution >= 0.6 is 22.9 Å². The lowest BCUT2D eigenvalue weighted by atomic mass is 10.2. The predicted octanol–water partition coefficient (Wildman–Crippen LogP) is 3.33. The van der Waals surface area contributed by atoms with Gasteiger partial charge in [0.15, 0.2) is 0 Å². The number of carbonyl (C=O) groups excluding carboxylic acids is 2. The molecule has 1 unspecified atom stereocenters. The van der Waals surface area contributed by atoms with E-state index in [0.717, 1.165) is 10.9 Å². The van der Waals surface area contributed by atoms with E-state index < -0.39 is 5.82 Å². The number of benzene rings is 1. The van der Waals surface area contributed by atoms with Gasteiger partial charge in [-0.3, -0.25) is 14.5 Å². The first-order chi connectivity index (χ1) is 12.5. The van der Waals surface area contributed by atoms with Gasteiger partial charge in [-0.25, -0.2) is 4.39 Å². The van der Waals surface area contributed by atoms with Gasteiger partial charge in [-0.2, -0.15) is 0 Å². The molecule has 0 saturated carbocycles. The van der Waals surface area contributed by atoms with Crippen LogP contribution in [0.4, 0.5) is 10.1 Å². The molecule has 1 N–H and O–H groups in total. The minimum Gasteiger partial charge on any atom is -0.335 e. The summed E-state index contributed by atoms with van der Waals surface area (Å²) in [4.78, 5) is 29.4. The summed E-state index contributed by atoms with van der Waals surface area (Å²) < 4.78 is 13.1. The SMILES string of the molecule is CC(C(=O)Nc1ccc(F)cc1Cl)N1CCN(C(=O)c2cccs2)CC1. The molecule has 0 radical (unpaired) electrons. The number of hydrogen-bond acceptors (Lipinski definition) is 4. The zero-order valence-electron chi connectivity index (χ0n) is 14.2. The minimum absolute atomic E-state index is 0.0369. The maximum atomic E-state index is 13.1. The number of carbonyl (C=O) groups is 2. The minimum atomic E-state index is -0.451. The van der Waals surface area contributed by atoms with Gasteiger partial charge in [-0.05, 0) is 36.6 Å². The van der Waals surface area contributed by atoms with Gasteiger partial charge in [0.1, 0.15) is 5.82 Å². The van der Waals surface area contributed by atoms with E-state index in [1.54, 1.807) is 0 Å². The highest BCUT2D eigenvalue weighted by Gasteiger charge is 2.28. The van der Waals surface area contributed by atoms with Crippen LogP contribution in [0.15, 0.2) is 35.7 Å². The summed E-state index contributed by atoms with van der Waals surface area (Å²) in [6.45, 7) is 4.19. The summed E-state index contributed by atoms with van der Waals surface area (Å²) in [5.41, 5.74) is 0.386. The first-order valence-corrected chi connectivity index (χ1v) is 9.54. The predicted molar refractivity (Wildman–Crippen MR) is 101 cm³/mol. The summed E-state index contributed by atoms with van der Waals surface area (Å²) in [7, 11) is 0. The van der Waals surface area contributed by atoms with E-state index in [1.807, 2.05) is 34.2 Å². The second-order valence-electron chi connectivity index (χ2n) is 6.09. The molecule has 1 fully saturated rings. The van der Waals surface area contributed by atoms with E-state index in [4.69, 9.17) is 11.6 Å². The number of rotatable bonds is 4. The molecule has 0 aliphatic carbocycles. The Hall–Kier alpha value is -1.96. The fourth-order valence-corrected chi connectivity index (χ4v) is 3.77. The van der Waals surface area contributed by atoms with Crippen LogP contribution in [0, 0.1) is 5.82 Å². The second kappa shape index (κ2) is 8.16. The molecule has 2 heterocycles. The topological polar surface area (TPSA) is 52.7 Å². The van der Waals surface area contributed by atoms with E-state index >= 15 is 0 Å². The molecule has 8 heteroatoms. The van der Waals surface area contributed by atoms with Crippen molar-refractivity contribution in [2.75, 3.05) is 31.5 Å². The lowest BCUT2D eigenvalue weighted by Gasteiger charge is -2.37. The van der Waals surface area contributed by atoms with Gasteiger partial charge < -0.3 is 10.2 Å². The first-order valence-electron chi connectivity index (χ1n) is 8.28. The van der Waals surface area contributed by atoms with Gasteiger partial charge in [0, 0.05) is 26.2 Å². The summed E-state index contributed by atoms with van der Waals surface area (Å²) in [6, 6.07) is 7.16. The summed E-state index contributed by atoms with van der Waals surface area (Å²) >= 11 is 7.39. The fourth-order valence-electron chi connectivity index (χ4n) is 2.86. The van der Waals surface area contributed by atoms with Crippen molar-refractivity contribution in [3.05, 3.63) is 51.4 Å². The number of amides is 2. The molecule has 26 heavy (non-hydrogen) atoms. The summed E-state index contributed by atoms with van der Waals surface area (Å²) in [5.74, 6) is -0.626. The van der Waals surface area contributed by atoms with Crippen LogP contribution in [0.1, 0.15) is 16.6 Å². The number of thiophene rings is 1. The molecule has 5 nitrogen and oxygen atoms in total. The van der Waals surface area contributed by atoms with E-state index in [0.29, 0.717) is 31.9 Å². The van der Waals surface area contributed by atoms with Crippen LogP contribution in [0.5, 0.6) is 0 Å². The van der Waals surface area contributed by atoms with E-state index in [2.05, 4.69) is 5.32 Å². The quantitative estimate of drug-likeness (QED) is 0.864. The van der Waals surface area contributed by atoms with Crippen LogP contribution in [0.25, 0.3) is 0 Å². The van der Waals surface area contributed by atoms with Gasteiger partial charge in [0.2, 0.25) is 5.91 Å². The Bertz CT molecular complexity index is 792. The Morgan fingerprint density at radius 2 is 1.96 bits per heavy atom. The number of anilines is 1. The Morgan fingerprint density at radius 1 is 1.23 bits per heavy atom. The molecule has 1 atom stereocenters. The van der Waals surface area contributed by atoms with E-state index in [9.17, 15) is 14.0 Å². The number of hydrogen-bond donors (Lipinski definition) is 1. The molecular formula is C18H19ClFN3O2S.